The second kappa shape index (κ2) is 7.72. The van der Waals surface area contributed by atoms with Gasteiger partial charge in [-0.05, 0) is 30.7 Å². The van der Waals surface area contributed by atoms with Crippen LogP contribution in [0.5, 0.6) is 0 Å². The van der Waals surface area contributed by atoms with E-state index in [2.05, 4.69) is 41.0 Å². The second-order valence-electron chi connectivity index (χ2n) is 5.84. The topological polar surface area (TPSA) is 61.4 Å². The van der Waals surface area contributed by atoms with E-state index in [4.69, 9.17) is 0 Å². The summed E-state index contributed by atoms with van der Waals surface area (Å²) >= 11 is 3.46. The average Bonchev–Trinajstić information content (AvgIpc) is 2.59. The zero-order valence-electron chi connectivity index (χ0n) is 13.6. The van der Waals surface area contributed by atoms with Crippen LogP contribution in [0.2, 0.25) is 0 Å². The van der Waals surface area contributed by atoms with Crippen molar-refractivity contribution >= 4 is 33.3 Å². The van der Waals surface area contributed by atoms with Gasteiger partial charge in [0.1, 0.15) is 5.82 Å². The van der Waals surface area contributed by atoms with Crippen LogP contribution in [-0.4, -0.2) is 53.5 Å². The van der Waals surface area contributed by atoms with Crippen molar-refractivity contribution in [1.29, 1.82) is 0 Å². The van der Waals surface area contributed by atoms with E-state index in [1.165, 1.54) is 0 Å². The predicted molar refractivity (Wildman–Crippen MR) is 98.2 cm³/mol. The van der Waals surface area contributed by atoms with Gasteiger partial charge in [0.25, 0.3) is 0 Å². The molecule has 3 rings (SSSR count). The van der Waals surface area contributed by atoms with Crippen LogP contribution in [-0.2, 0) is 4.79 Å². The van der Waals surface area contributed by atoms with E-state index in [1.54, 1.807) is 18.6 Å². The number of hydrogen-bond donors (Lipinski definition) is 1. The smallest absolute Gasteiger partial charge is 0.238 e. The molecule has 2 aromatic rings. The fraction of sp³-hybridized carbons (Fsp3) is 0.353. The molecule has 24 heavy (non-hydrogen) atoms. The first-order valence-electron chi connectivity index (χ1n) is 7.91. The average molecular weight is 390 g/mol. The maximum atomic E-state index is 12.2. The summed E-state index contributed by atoms with van der Waals surface area (Å²) in [6.45, 7) is 5.79. The van der Waals surface area contributed by atoms with E-state index in [1.807, 2.05) is 25.1 Å². The zero-order chi connectivity index (χ0) is 16.9. The number of carbonyl (C=O) groups is 1. The van der Waals surface area contributed by atoms with E-state index in [0.29, 0.717) is 6.54 Å². The van der Waals surface area contributed by atoms with Crippen LogP contribution in [0.4, 0.5) is 11.5 Å². The molecule has 0 saturated carbocycles. The summed E-state index contributed by atoms with van der Waals surface area (Å²) in [5.41, 5.74) is 1.93. The lowest BCUT2D eigenvalue weighted by atomic mass is 10.2. The van der Waals surface area contributed by atoms with Gasteiger partial charge in [-0.15, -0.1) is 0 Å². The molecule has 2 heterocycles. The predicted octanol–water partition coefficient (Wildman–Crippen LogP) is 2.31. The molecule has 0 spiro atoms. The third-order valence-corrected chi connectivity index (χ3v) is 4.94. The SMILES string of the molecule is Cc1cc(NC(=O)CN2CCN(c3cnccn3)CC2)ccc1Br. The van der Waals surface area contributed by atoms with Gasteiger partial charge in [0.2, 0.25) is 5.91 Å². The van der Waals surface area contributed by atoms with Gasteiger partial charge in [0.15, 0.2) is 0 Å². The highest BCUT2D eigenvalue weighted by molar-refractivity contribution is 9.10. The molecule has 0 radical (unpaired) electrons. The molecule has 0 unspecified atom stereocenters. The van der Waals surface area contributed by atoms with Gasteiger partial charge in [-0.2, -0.15) is 0 Å². The van der Waals surface area contributed by atoms with Gasteiger partial charge in [0, 0.05) is 48.7 Å². The molecule has 1 aliphatic rings. The number of hydrogen-bond acceptors (Lipinski definition) is 5. The van der Waals surface area contributed by atoms with Gasteiger partial charge in [-0.1, -0.05) is 15.9 Å². The Kier molecular flexibility index (Phi) is 5.42. The van der Waals surface area contributed by atoms with Gasteiger partial charge >= 0.3 is 0 Å². The first-order valence-corrected chi connectivity index (χ1v) is 8.70. The summed E-state index contributed by atoms with van der Waals surface area (Å²) in [6, 6.07) is 5.82. The standard InChI is InChI=1S/C17H20BrN5O/c1-13-10-14(2-3-15(13)18)21-17(24)12-22-6-8-23(9-7-22)16-11-19-4-5-20-16/h2-5,10-11H,6-9,12H2,1H3,(H,21,24). The lowest BCUT2D eigenvalue weighted by Gasteiger charge is -2.34. The maximum Gasteiger partial charge on any atom is 0.238 e. The molecule has 0 bridgehead atoms. The molecule has 1 aromatic heterocycles. The summed E-state index contributed by atoms with van der Waals surface area (Å²) < 4.78 is 1.04. The third kappa shape index (κ3) is 4.30. The Morgan fingerprint density at radius 1 is 1.25 bits per heavy atom. The van der Waals surface area contributed by atoms with Crippen molar-refractivity contribution in [3.63, 3.8) is 0 Å². The van der Waals surface area contributed by atoms with Crippen molar-refractivity contribution in [2.45, 2.75) is 6.92 Å². The summed E-state index contributed by atoms with van der Waals surface area (Å²) in [4.78, 5) is 25.0. The molecule has 1 amide bonds. The fourth-order valence-corrected chi connectivity index (χ4v) is 2.96. The van der Waals surface area contributed by atoms with Crippen LogP contribution in [0, 0.1) is 6.92 Å². The van der Waals surface area contributed by atoms with Gasteiger partial charge in [0.05, 0.1) is 12.7 Å². The van der Waals surface area contributed by atoms with Gasteiger partial charge in [-0.25, -0.2) is 4.98 Å². The Morgan fingerprint density at radius 3 is 2.71 bits per heavy atom. The number of amides is 1. The molecule has 0 aliphatic carbocycles. The molecular weight excluding hydrogens is 370 g/mol. The maximum absolute atomic E-state index is 12.2. The molecule has 126 valence electrons. The van der Waals surface area contributed by atoms with Crippen molar-refractivity contribution in [3.8, 4) is 0 Å². The number of benzene rings is 1. The Balaban J connectivity index is 1.49. The van der Waals surface area contributed by atoms with Crippen molar-refractivity contribution in [2.75, 3.05) is 42.9 Å². The van der Waals surface area contributed by atoms with E-state index in [-0.39, 0.29) is 5.91 Å². The van der Waals surface area contributed by atoms with Crippen LogP contribution in [0.25, 0.3) is 0 Å². The molecule has 1 aliphatic heterocycles. The summed E-state index contributed by atoms with van der Waals surface area (Å²) in [5, 5.41) is 2.96. The Labute approximate surface area is 150 Å². The van der Waals surface area contributed by atoms with Crippen LogP contribution in [0.15, 0.2) is 41.3 Å². The number of rotatable bonds is 4. The number of aromatic nitrogens is 2. The van der Waals surface area contributed by atoms with Crippen LogP contribution >= 0.6 is 15.9 Å². The van der Waals surface area contributed by atoms with Crippen molar-refractivity contribution in [1.82, 2.24) is 14.9 Å². The highest BCUT2D eigenvalue weighted by atomic mass is 79.9. The largest absolute Gasteiger partial charge is 0.353 e. The number of anilines is 2. The van der Waals surface area contributed by atoms with E-state index < -0.39 is 0 Å². The number of piperazine rings is 1. The van der Waals surface area contributed by atoms with Gasteiger partial charge in [-0.3, -0.25) is 14.7 Å². The summed E-state index contributed by atoms with van der Waals surface area (Å²) in [6.07, 6.45) is 5.15. The van der Waals surface area contributed by atoms with E-state index in [0.717, 1.165) is 47.7 Å². The number of carbonyl (C=O) groups excluding carboxylic acids is 1. The molecule has 6 nitrogen and oxygen atoms in total. The number of halogens is 1. The number of nitrogens with one attached hydrogen (secondary N) is 1. The summed E-state index contributed by atoms with van der Waals surface area (Å²) in [7, 11) is 0. The van der Waals surface area contributed by atoms with E-state index in [9.17, 15) is 4.79 Å². The minimum absolute atomic E-state index is 0.0182. The quantitative estimate of drug-likeness (QED) is 0.868. The van der Waals surface area contributed by atoms with Crippen molar-refractivity contribution < 1.29 is 4.79 Å². The molecule has 1 saturated heterocycles. The Hall–Kier alpha value is -1.99. The summed E-state index contributed by atoms with van der Waals surface area (Å²) in [5.74, 6) is 0.914. The zero-order valence-corrected chi connectivity index (χ0v) is 15.2. The Bertz CT molecular complexity index is 701. The number of aryl methyl sites for hydroxylation is 1. The van der Waals surface area contributed by atoms with Crippen LogP contribution in [0.1, 0.15) is 5.56 Å². The lowest BCUT2D eigenvalue weighted by molar-refractivity contribution is -0.117. The molecule has 1 aromatic carbocycles. The van der Waals surface area contributed by atoms with Crippen LogP contribution in [0.3, 0.4) is 0 Å². The first-order chi connectivity index (χ1) is 11.6. The van der Waals surface area contributed by atoms with E-state index >= 15 is 0 Å². The van der Waals surface area contributed by atoms with Gasteiger partial charge < -0.3 is 10.2 Å². The normalized spacial score (nSPS) is 15.3. The molecule has 7 heteroatoms. The third-order valence-electron chi connectivity index (χ3n) is 4.05. The molecule has 1 fully saturated rings. The first kappa shape index (κ1) is 16.9. The molecule has 0 atom stereocenters. The van der Waals surface area contributed by atoms with Crippen molar-refractivity contribution in [2.24, 2.45) is 0 Å². The van der Waals surface area contributed by atoms with Crippen LogP contribution < -0.4 is 10.2 Å². The molecular formula is C17H20BrN5O. The van der Waals surface area contributed by atoms with Crippen molar-refractivity contribution in [3.05, 3.63) is 46.8 Å². The highest BCUT2D eigenvalue weighted by Crippen LogP contribution is 2.20. The minimum Gasteiger partial charge on any atom is -0.353 e. The Morgan fingerprint density at radius 2 is 2.04 bits per heavy atom. The fourth-order valence-electron chi connectivity index (χ4n) is 2.72. The highest BCUT2D eigenvalue weighted by Gasteiger charge is 2.20. The molecule has 1 N–H and O–H groups in total. The monoisotopic (exact) mass is 389 g/mol. The minimum atomic E-state index is 0.0182. The number of nitrogens with zero attached hydrogens (tertiary/aromatic N) is 4. The lowest BCUT2D eigenvalue weighted by Crippen LogP contribution is -2.48. The second-order valence-corrected chi connectivity index (χ2v) is 6.69.